The third-order valence-corrected chi connectivity index (χ3v) is 5.14. The van der Waals surface area contributed by atoms with Gasteiger partial charge in [0.2, 0.25) is 5.91 Å². The summed E-state index contributed by atoms with van der Waals surface area (Å²) in [6.45, 7) is 2.09. The van der Waals surface area contributed by atoms with Crippen LogP contribution in [0.2, 0.25) is 0 Å². The second kappa shape index (κ2) is 7.86. The number of hydrogen-bond acceptors (Lipinski definition) is 4. The highest BCUT2D eigenvalue weighted by Gasteiger charge is 2.43. The average molecular weight is 360 g/mol. The highest BCUT2D eigenvalue weighted by atomic mass is 16.5. The van der Waals surface area contributed by atoms with Crippen LogP contribution in [0.5, 0.6) is 0 Å². The monoisotopic (exact) mass is 360 g/mol. The van der Waals surface area contributed by atoms with Crippen LogP contribution < -0.4 is 5.32 Å². The first-order valence-corrected chi connectivity index (χ1v) is 9.05. The topological polar surface area (TPSA) is 95.9 Å². The van der Waals surface area contributed by atoms with Crippen LogP contribution in [0.1, 0.15) is 52.8 Å². The Morgan fingerprint density at radius 1 is 1.04 bits per heavy atom. The van der Waals surface area contributed by atoms with Crippen LogP contribution in [0.15, 0.2) is 24.3 Å². The summed E-state index contributed by atoms with van der Waals surface area (Å²) in [6.07, 6.45) is 4.01. The number of nitrogens with one attached hydrogen (secondary N) is 1. The second-order valence-corrected chi connectivity index (χ2v) is 6.89. The summed E-state index contributed by atoms with van der Waals surface area (Å²) in [7, 11) is 0. The zero-order chi connectivity index (χ0) is 18.6. The first-order chi connectivity index (χ1) is 12.5. The minimum absolute atomic E-state index is 0.0508. The SMILES string of the molecule is O=C(O)c1cccc(C(=O)NC2(C(=O)N3CCOCC3)CCCCC2)c1. The van der Waals surface area contributed by atoms with Gasteiger partial charge in [-0.3, -0.25) is 9.59 Å². The van der Waals surface area contributed by atoms with Gasteiger partial charge in [0.05, 0.1) is 18.8 Å². The molecule has 0 aromatic heterocycles. The summed E-state index contributed by atoms with van der Waals surface area (Å²) in [6, 6.07) is 5.88. The molecule has 1 aromatic carbocycles. The van der Waals surface area contributed by atoms with Crippen molar-refractivity contribution in [1.82, 2.24) is 10.2 Å². The lowest BCUT2D eigenvalue weighted by Crippen LogP contribution is -2.62. The van der Waals surface area contributed by atoms with E-state index in [0.717, 1.165) is 19.3 Å². The summed E-state index contributed by atoms with van der Waals surface area (Å²) in [5.74, 6) is -1.55. The van der Waals surface area contributed by atoms with E-state index in [0.29, 0.717) is 39.1 Å². The molecular formula is C19H24N2O5. The Kier molecular flexibility index (Phi) is 5.56. The van der Waals surface area contributed by atoms with Crippen molar-refractivity contribution in [2.45, 2.75) is 37.6 Å². The first-order valence-electron chi connectivity index (χ1n) is 9.05. The highest BCUT2D eigenvalue weighted by molar-refractivity contribution is 6.01. The van der Waals surface area contributed by atoms with Gasteiger partial charge < -0.3 is 20.1 Å². The molecule has 2 amide bonds. The van der Waals surface area contributed by atoms with Gasteiger partial charge in [-0.1, -0.05) is 25.3 Å². The van der Waals surface area contributed by atoms with Crippen molar-refractivity contribution in [3.63, 3.8) is 0 Å². The van der Waals surface area contributed by atoms with E-state index in [1.807, 2.05) is 0 Å². The Labute approximate surface area is 152 Å². The highest BCUT2D eigenvalue weighted by Crippen LogP contribution is 2.31. The van der Waals surface area contributed by atoms with Crippen LogP contribution in [-0.4, -0.2) is 59.6 Å². The van der Waals surface area contributed by atoms with Crippen molar-refractivity contribution in [3.8, 4) is 0 Å². The van der Waals surface area contributed by atoms with Gasteiger partial charge in [0.15, 0.2) is 0 Å². The minimum atomic E-state index is -1.09. The zero-order valence-corrected chi connectivity index (χ0v) is 14.7. The second-order valence-electron chi connectivity index (χ2n) is 6.89. The number of hydrogen-bond donors (Lipinski definition) is 2. The molecule has 0 bridgehead atoms. The van der Waals surface area contributed by atoms with E-state index in [4.69, 9.17) is 9.84 Å². The summed E-state index contributed by atoms with van der Waals surface area (Å²) in [5, 5.41) is 12.1. The summed E-state index contributed by atoms with van der Waals surface area (Å²) < 4.78 is 5.32. The Balaban J connectivity index is 1.81. The fourth-order valence-corrected chi connectivity index (χ4v) is 3.70. The lowest BCUT2D eigenvalue weighted by molar-refractivity contribution is -0.143. The van der Waals surface area contributed by atoms with Crippen molar-refractivity contribution >= 4 is 17.8 Å². The molecule has 2 fully saturated rings. The molecule has 1 saturated heterocycles. The maximum absolute atomic E-state index is 13.2. The van der Waals surface area contributed by atoms with Crippen molar-refractivity contribution in [3.05, 3.63) is 35.4 Å². The van der Waals surface area contributed by atoms with E-state index < -0.39 is 17.4 Å². The number of carboxylic acids is 1. The van der Waals surface area contributed by atoms with Crippen molar-refractivity contribution in [2.24, 2.45) is 0 Å². The van der Waals surface area contributed by atoms with E-state index >= 15 is 0 Å². The van der Waals surface area contributed by atoms with E-state index in [2.05, 4.69) is 5.32 Å². The summed E-state index contributed by atoms with van der Waals surface area (Å²) in [4.78, 5) is 38.9. The van der Waals surface area contributed by atoms with Gasteiger partial charge in [-0.2, -0.15) is 0 Å². The molecule has 1 saturated carbocycles. The molecular weight excluding hydrogens is 336 g/mol. The van der Waals surface area contributed by atoms with E-state index in [1.165, 1.54) is 18.2 Å². The molecule has 2 aliphatic rings. The maximum Gasteiger partial charge on any atom is 0.335 e. The van der Waals surface area contributed by atoms with Gasteiger partial charge in [-0.15, -0.1) is 0 Å². The average Bonchev–Trinajstić information content (AvgIpc) is 2.69. The lowest BCUT2D eigenvalue weighted by Gasteiger charge is -2.41. The standard InChI is InChI=1S/C19H24N2O5/c22-16(14-5-4-6-15(13-14)17(23)24)20-19(7-2-1-3-8-19)18(25)21-9-11-26-12-10-21/h4-6,13H,1-3,7-12H2,(H,20,22)(H,23,24). The van der Waals surface area contributed by atoms with Crippen LogP contribution in [-0.2, 0) is 9.53 Å². The predicted octanol–water partition coefficient (Wildman–Crippen LogP) is 1.68. The van der Waals surface area contributed by atoms with Gasteiger partial charge in [-0.25, -0.2) is 4.79 Å². The fourth-order valence-electron chi connectivity index (χ4n) is 3.70. The molecule has 1 aliphatic heterocycles. The number of rotatable bonds is 4. The lowest BCUT2D eigenvalue weighted by atomic mass is 9.80. The zero-order valence-electron chi connectivity index (χ0n) is 14.7. The quantitative estimate of drug-likeness (QED) is 0.852. The van der Waals surface area contributed by atoms with Crippen LogP contribution in [0.4, 0.5) is 0 Å². The number of aromatic carboxylic acids is 1. The molecule has 1 aromatic rings. The molecule has 26 heavy (non-hydrogen) atoms. The number of amides is 2. The van der Waals surface area contributed by atoms with Crippen molar-refractivity contribution < 1.29 is 24.2 Å². The number of carbonyl (C=O) groups is 3. The maximum atomic E-state index is 13.2. The Hall–Kier alpha value is -2.41. The number of carboxylic acid groups (broad SMARTS) is 1. The smallest absolute Gasteiger partial charge is 0.335 e. The molecule has 3 rings (SSSR count). The van der Waals surface area contributed by atoms with Gasteiger partial charge in [0.25, 0.3) is 5.91 Å². The fraction of sp³-hybridized carbons (Fsp3) is 0.526. The molecule has 7 nitrogen and oxygen atoms in total. The van der Waals surface area contributed by atoms with Crippen molar-refractivity contribution in [1.29, 1.82) is 0 Å². The van der Waals surface area contributed by atoms with E-state index in [1.54, 1.807) is 11.0 Å². The number of carbonyl (C=O) groups excluding carboxylic acids is 2. The molecule has 1 aliphatic carbocycles. The van der Waals surface area contributed by atoms with Crippen LogP contribution >= 0.6 is 0 Å². The largest absolute Gasteiger partial charge is 0.478 e. The van der Waals surface area contributed by atoms with Crippen LogP contribution in [0.25, 0.3) is 0 Å². The number of morpholine rings is 1. The minimum Gasteiger partial charge on any atom is -0.478 e. The van der Waals surface area contributed by atoms with Gasteiger partial charge >= 0.3 is 5.97 Å². The third-order valence-electron chi connectivity index (χ3n) is 5.14. The van der Waals surface area contributed by atoms with Crippen LogP contribution in [0, 0.1) is 0 Å². The molecule has 1 heterocycles. The molecule has 2 N–H and O–H groups in total. The molecule has 0 spiro atoms. The van der Waals surface area contributed by atoms with Gasteiger partial charge in [0.1, 0.15) is 5.54 Å². The number of benzene rings is 1. The predicted molar refractivity (Wildman–Crippen MR) is 94.1 cm³/mol. The van der Waals surface area contributed by atoms with Crippen molar-refractivity contribution in [2.75, 3.05) is 26.3 Å². The molecule has 0 unspecified atom stereocenters. The number of nitrogens with zero attached hydrogens (tertiary/aromatic N) is 1. The van der Waals surface area contributed by atoms with E-state index in [9.17, 15) is 14.4 Å². The van der Waals surface area contributed by atoms with E-state index in [-0.39, 0.29) is 17.0 Å². The van der Waals surface area contributed by atoms with Gasteiger partial charge in [-0.05, 0) is 31.0 Å². The number of ether oxygens (including phenoxy) is 1. The third kappa shape index (κ3) is 3.88. The normalized spacial score (nSPS) is 19.6. The Bertz CT molecular complexity index is 691. The van der Waals surface area contributed by atoms with Gasteiger partial charge in [0, 0.05) is 18.7 Å². The Morgan fingerprint density at radius 3 is 2.35 bits per heavy atom. The first kappa shape index (κ1) is 18.4. The molecule has 0 radical (unpaired) electrons. The molecule has 7 heteroatoms. The molecule has 140 valence electrons. The summed E-state index contributed by atoms with van der Waals surface area (Å²) >= 11 is 0. The molecule has 0 atom stereocenters. The Morgan fingerprint density at radius 2 is 1.69 bits per heavy atom. The van der Waals surface area contributed by atoms with Crippen LogP contribution in [0.3, 0.4) is 0 Å². The summed E-state index contributed by atoms with van der Waals surface area (Å²) in [5.41, 5.74) is -0.606.